The molecule has 0 saturated carbocycles. The highest BCUT2D eigenvalue weighted by molar-refractivity contribution is 7.90. The summed E-state index contributed by atoms with van der Waals surface area (Å²) in [4.78, 5) is -0.0895. The molecule has 1 aromatic carbocycles. The number of hydrogen-bond acceptors (Lipinski definition) is 3. The third kappa shape index (κ3) is 3.12. The van der Waals surface area contributed by atoms with Crippen LogP contribution in [-0.2, 0) is 10.2 Å². The van der Waals surface area contributed by atoms with Crippen molar-refractivity contribution in [1.82, 2.24) is 4.72 Å². The smallest absolute Gasteiger partial charge is 0.298 e. The minimum Gasteiger partial charge on any atom is -0.389 e. The summed E-state index contributed by atoms with van der Waals surface area (Å²) in [6.45, 7) is 0. The van der Waals surface area contributed by atoms with Crippen molar-refractivity contribution in [3.8, 4) is 0 Å². The Labute approximate surface area is 98.0 Å². The fraction of sp³-hybridized carbons (Fsp3) is 0.125. The number of nitrogens with one attached hydrogen (secondary N) is 2. The molecule has 0 amide bonds. The maximum atomic E-state index is 12.9. The molecule has 0 radical (unpaired) electrons. The van der Waals surface area contributed by atoms with Crippen molar-refractivity contribution in [3.05, 3.63) is 29.6 Å². The Bertz CT molecular complexity index is 516. The minimum atomic E-state index is -3.68. The molecule has 1 aromatic rings. The van der Waals surface area contributed by atoms with Gasteiger partial charge >= 0.3 is 0 Å². The van der Waals surface area contributed by atoms with Gasteiger partial charge in [0.15, 0.2) is 0 Å². The lowest BCUT2D eigenvalue weighted by Crippen LogP contribution is -2.27. The summed E-state index contributed by atoms with van der Waals surface area (Å²) in [6.07, 6.45) is 0. The predicted octanol–water partition coefficient (Wildman–Crippen LogP) is 0.336. The second-order valence-electron chi connectivity index (χ2n) is 2.86. The zero-order chi connectivity index (χ0) is 12.3. The van der Waals surface area contributed by atoms with Crippen LogP contribution in [0.5, 0.6) is 0 Å². The van der Waals surface area contributed by atoms with Crippen LogP contribution < -0.4 is 15.2 Å². The van der Waals surface area contributed by atoms with E-state index >= 15 is 0 Å². The molecule has 0 unspecified atom stereocenters. The number of halogens is 1. The van der Waals surface area contributed by atoms with Gasteiger partial charge in [-0.15, -0.1) is 0 Å². The fourth-order valence-electron chi connectivity index (χ4n) is 1.01. The number of benzene rings is 1. The first kappa shape index (κ1) is 12.8. The van der Waals surface area contributed by atoms with Crippen LogP contribution in [-0.4, -0.2) is 20.5 Å². The first-order valence-electron chi connectivity index (χ1n) is 4.16. The Morgan fingerprint density at radius 1 is 1.50 bits per heavy atom. The van der Waals surface area contributed by atoms with Crippen LogP contribution in [0.15, 0.2) is 18.2 Å². The van der Waals surface area contributed by atoms with Gasteiger partial charge in [-0.2, -0.15) is 8.42 Å². The number of rotatable bonds is 4. The van der Waals surface area contributed by atoms with Gasteiger partial charge in [0.1, 0.15) is 10.8 Å². The van der Waals surface area contributed by atoms with Crippen molar-refractivity contribution < 1.29 is 12.8 Å². The highest BCUT2D eigenvalue weighted by Crippen LogP contribution is 2.17. The van der Waals surface area contributed by atoms with E-state index in [9.17, 15) is 12.8 Å². The fourth-order valence-corrected chi connectivity index (χ4v) is 1.74. The zero-order valence-electron chi connectivity index (χ0n) is 8.32. The topological polar surface area (TPSA) is 84.2 Å². The lowest BCUT2D eigenvalue weighted by molar-refractivity contribution is 0.593. The summed E-state index contributed by atoms with van der Waals surface area (Å²) < 4.78 is 39.6. The Balaban J connectivity index is 3.19. The standard InChI is InChI=1S/C8H10FN3O2S2/c1-11-16(13,14)12-7-3-2-5(9)4-6(7)8(10)15/h2-4,11-12H,1H3,(H2,10,15). The first-order chi connectivity index (χ1) is 7.35. The van der Waals surface area contributed by atoms with Gasteiger partial charge in [-0.25, -0.2) is 9.11 Å². The molecule has 0 fully saturated rings. The molecule has 0 aliphatic heterocycles. The number of nitrogens with two attached hydrogens (primary N) is 1. The third-order valence-corrected chi connectivity index (χ3v) is 3.01. The number of hydrogen-bond donors (Lipinski definition) is 3. The molecule has 4 N–H and O–H groups in total. The van der Waals surface area contributed by atoms with E-state index in [0.717, 1.165) is 12.1 Å². The molecule has 0 spiro atoms. The Morgan fingerprint density at radius 2 is 2.12 bits per heavy atom. The molecule has 0 atom stereocenters. The van der Waals surface area contributed by atoms with E-state index in [1.54, 1.807) is 0 Å². The van der Waals surface area contributed by atoms with E-state index in [1.807, 2.05) is 0 Å². The van der Waals surface area contributed by atoms with Gasteiger partial charge in [0.25, 0.3) is 10.2 Å². The van der Waals surface area contributed by atoms with Gasteiger partial charge in [0.2, 0.25) is 0 Å². The molecule has 0 heterocycles. The maximum Gasteiger partial charge on any atom is 0.298 e. The van der Waals surface area contributed by atoms with E-state index in [2.05, 4.69) is 9.44 Å². The largest absolute Gasteiger partial charge is 0.389 e. The van der Waals surface area contributed by atoms with E-state index < -0.39 is 16.0 Å². The highest BCUT2D eigenvalue weighted by atomic mass is 32.2. The Morgan fingerprint density at radius 3 is 2.62 bits per heavy atom. The van der Waals surface area contributed by atoms with Gasteiger partial charge in [0.05, 0.1) is 5.69 Å². The highest BCUT2D eigenvalue weighted by Gasteiger charge is 2.12. The Hall–Kier alpha value is -1.25. The van der Waals surface area contributed by atoms with Gasteiger partial charge in [-0.05, 0) is 18.2 Å². The second-order valence-corrected chi connectivity index (χ2v) is 4.92. The number of thiocarbonyl (C=S) groups is 1. The van der Waals surface area contributed by atoms with Gasteiger partial charge in [0, 0.05) is 12.6 Å². The van der Waals surface area contributed by atoms with Gasteiger partial charge < -0.3 is 5.73 Å². The van der Waals surface area contributed by atoms with Crippen LogP contribution in [0.3, 0.4) is 0 Å². The van der Waals surface area contributed by atoms with Crippen LogP contribution in [0.2, 0.25) is 0 Å². The molecule has 16 heavy (non-hydrogen) atoms. The van der Waals surface area contributed by atoms with E-state index in [4.69, 9.17) is 18.0 Å². The molecule has 0 saturated heterocycles. The molecular formula is C8H10FN3O2S2. The van der Waals surface area contributed by atoms with Crippen LogP contribution in [0.4, 0.5) is 10.1 Å². The average Bonchev–Trinajstić information content (AvgIpc) is 2.20. The minimum absolute atomic E-state index is 0.0895. The lowest BCUT2D eigenvalue weighted by Gasteiger charge is -2.10. The van der Waals surface area contributed by atoms with Crippen LogP contribution in [0.25, 0.3) is 0 Å². The molecular weight excluding hydrogens is 253 g/mol. The first-order valence-corrected chi connectivity index (χ1v) is 6.05. The van der Waals surface area contributed by atoms with Crippen molar-refractivity contribution >= 4 is 33.1 Å². The summed E-state index contributed by atoms with van der Waals surface area (Å²) in [5.74, 6) is -0.546. The number of anilines is 1. The summed E-state index contributed by atoms with van der Waals surface area (Å²) in [5, 5.41) is 0. The lowest BCUT2D eigenvalue weighted by atomic mass is 10.2. The van der Waals surface area contributed by atoms with Crippen molar-refractivity contribution in [2.24, 2.45) is 5.73 Å². The van der Waals surface area contributed by atoms with E-state index in [0.29, 0.717) is 0 Å². The van der Waals surface area contributed by atoms with Crippen LogP contribution in [0.1, 0.15) is 5.56 Å². The summed E-state index contributed by atoms with van der Waals surface area (Å²) >= 11 is 4.69. The summed E-state index contributed by atoms with van der Waals surface area (Å²) in [7, 11) is -2.44. The molecule has 0 bridgehead atoms. The van der Waals surface area contributed by atoms with Crippen LogP contribution in [0, 0.1) is 5.82 Å². The van der Waals surface area contributed by atoms with E-state index in [1.165, 1.54) is 13.1 Å². The van der Waals surface area contributed by atoms with Crippen molar-refractivity contribution in [1.29, 1.82) is 0 Å². The van der Waals surface area contributed by atoms with E-state index in [-0.39, 0.29) is 16.2 Å². The third-order valence-electron chi connectivity index (χ3n) is 1.76. The maximum absolute atomic E-state index is 12.9. The molecule has 1 rings (SSSR count). The quantitative estimate of drug-likeness (QED) is 0.684. The normalized spacial score (nSPS) is 11.1. The van der Waals surface area contributed by atoms with Gasteiger partial charge in [-0.1, -0.05) is 12.2 Å². The molecule has 8 heteroatoms. The molecule has 0 aliphatic carbocycles. The summed E-state index contributed by atoms with van der Waals surface area (Å²) in [5.41, 5.74) is 5.61. The monoisotopic (exact) mass is 263 g/mol. The molecule has 0 aromatic heterocycles. The second kappa shape index (κ2) is 4.73. The molecule has 88 valence electrons. The zero-order valence-corrected chi connectivity index (χ0v) is 9.95. The van der Waals surface area contributed by atoms with Crippen molar-refractivity contribution in [2.75, 3.05) is 11.8 Å². The summed E-state index contributed by atoms with van der Waals surface area (Å²) in [6, 6.07) is 3.42. The molecule has 0 aliphatic rings. The van der Waals surface area contributed by atoms with Crippen molar-refractivity contribution in [3.63, 3.8) is 0 Å². The van der Waals surface area contributed by atoms with Crippen LogP contribution >= 0.6 is 12.2 Å². The molecule has 5 nitrogen and oxygen atoms in total. The average molecular weight is 263 g/mol. The van der Waals surface area contributed by atoms with Gasteiger partial charge in [-0.3, -0.25) is 4.72 Å². The Kier molecular flexibility index (Phi) is 3.79. The van der Waals surface area contributed by atoms with Crippen molar-refractivity contribution in [2.45, 2.75) is 0 Å². The predicted molar refractivity (Wildman–Crippen MR) is 63.9 cm³/mol. The SMILES string of the molecule is CNS(=O)(=O)Nc1ccc(F)cc1C(N)=S.